The molecular weight excluding hydrogens is 519 g/mol. The van der Waals surface area contributed by atoms with Crippen molar-refractivity contribution in [3.05, 3.63) is 69.7 Å². The summed E-state index contributed by atoms with van der Waals surface area (Å²) in [5.74, 6) is -2.34. The van der Waals surface area contributed by atoms with Gasteiger partial charge in [0.2, 0.25) is 5.91 Å². The summed E-state index contributed by atoms with van der Waals surface area (Å²) in [5.41, 5.74) is 0.321. The van der Waals surface area contributed by atoms with Crippen LogP contribution in [0.1, 0.15) is 42.6 Å². The first-order chi connectivity index (χ1) is 17.5. The van der Waals surface area contributed by atoms with Crippen molar-refractivity contribution in [1.29, 1.82) is 0 Å². The minimum absolute atomic E-state index is 0.0415. The molecule has 0 bridgehead atoms. The topological polar surface area (TPSA) is 128 Å². The van der Waals surface area contributed by atoms with E-state index < -0.39 is 29.5 Å². The maximum Gasteiger partial charge on any atom is 0.328 e. The van der Waals surface area contributed by atoms with Crippen molar-refractivity contribution in [1.82, 2.24) is 20.9 Å². The van der Waals surface area contributed by atoms with E-state index in [1.165, 1.54) is 12.1 Å². The van der Waals surface area contributed by atoms with Crippen molar-refractivity contribution in [2.24, 2.45) is 5.92 Å². The van der Waals surface area contributed by atoms with Crippen LogP contribution in [0.3, 0.4) is 0 Å². The standard InChI is InChI=1S/C26H30Cl2N4O5/c1-16(2)22(33)31-26(17-7-4-3-5-8-17)11-13-32(14-12-26)25(37)29-15-20(24(35)36)30-23(34)21-18(27)9-6-10-19(21)28/h3-10,16,20H,11-15H2,1-2H3,(H,29,37)(H,30,34)(H,31,33)(H,35,36). The van der Waals surface area contributed by atoms with Crippen LogP contribution in [0.15, 0.2) is 48.5 Å². The number of nitrogens with one attached hydrogen (secondary N) is 3. The fraction of sp³-hybridized carbons (Fsp3) is 0.385. The van der Waals surface area contributed by atoms with E-state index >= 15 is 0 Å². The molecule has 37 heavy (non-hydrogen) atoms. The number of aliphatic carboxylic acids is 1. The van der Waals surface area contributed by atoms with Gasteiger partial charge in [-0.1, -0.05) is 73.4 Å². The molecule has 9 nitrogen and oxygen atoms in total. The maximum atomic E-state index is 12.8. The zero-order chi connectivity index (χ0) is 27.2. The number of benzene rings is 2. The number of carboxylic acids is 1. The van der Waals surface area contributed by atoms with Gasteiger partial charge in [-0.2, -0.15) is 0 Å². The first-order valence-corrected chi connectivity index (χ1v) is 12.7. The fourth-order valence-corrected chi connectivity index (χ4v) is 4.73. The lowest BCUT2D eigenvalue weighted by atomic mass is 9.80. The number of hydrogen-bond acceptors (Lipinski definition) is 4. The quantitative estimate of drug-likeness (QED) is 0.400. The Labute approximate surface area is 225 Å². The van der Waals surface area contributed by atoms with E-state index in [0.717, 1.165) is 5.56 Å². The van der Waals surface area contributed by atoms with Crippen molar-refractivity contribution in [3.8, 4) is 0 Å². The summed E-state index contributed by atoms with van der Waals surface area (Å²) < 4.78 is 0. The molecular formula is C26H30Cl2N4O5. The molecule has 0 spiro atoms. The molecule has 2 aromatic carbocycles. The number of amides is 4. The molecule has 1 unspecified atom stereocenters. The molecule has 0 saturated carbocycles. The molecule has 11 heteroatoms. The number of hydrogen-bond donors (Lipinski definition) is 4. The Kier molecular flexibility index (Phi) is 9.39. The molecule has 0 radical (unpaired) electrons. The van der Waals surface area contributed by atoms with E-state index in [9.17, 15) is 24.3 Å². The largest absolute Gasteiger partial charge is 0.480 e. The van der Waals surface area contributed by atoms with Gasteiger partial charge in [0.05, 0.1) is 27.7 Å². The van der Waals surface area contributed by atoms with Crippen molar-refractivity contribution in [3.63, 3.8) is 0 Å². The van der Waals surface area contributed by atoms with Gasteiger partial charge in [0.25, 0.3) is 5.91 Å². The van der Waals surface area contributed by atoms with Gasteiger partial charge in [-0.05, 0) is 30.5 Å². The smallest absolute Gasteiger partial charge is 0.328 e. The highest BCUT2D eigenvalue weighted by Gasteiger charge is 2.39. The van der Waals surface area contributed by atoms with E-state index in [1.54, 1.807) is 11.0 Å². The summed E-state index contributed by atoms with van der Waals surface area (Å²) in [7, 11) is 0. The zero-order valence-electron chi connectivity index (χ0n) is 20.6. The van der Waals surface area contributed by atoms with Gasteiger partial charge in [0, 0.05) is 19.0 Å². The third kappa shape index (κ3) is 6.93. The Bertz CT molecular complexity index is 1130. The van der Waals surface area contributed by atoms with Crippen LogP contribution in [-0.2, 0) is 15.1 Å². The lowest BCUT2D eigenvalue weighted by Gasteiger charge is -2.43. The van der Waals surface area contributed by atoms with Gasteiger partial charge in [-0.25, -0.2) is 9.59 Å². The number of carbonyl (C=O) groups is 4. The van der Waals surface area contributed by atoms with E-state index in [4.69, 9.17) is 23.2 Å². The number of carboxylic acid groups (broad SMARTS) is 1. The van der Waals surface area contributed by atoms with E-state index in [1.807, 2.05) is 44.2 Å². The van der Waals surface area contributed by atoms with Gasteiger partial charge < -0.3 is 26.0 Å². The molecule has 1 saturated heterocycles. The minimum atomic E-state index is -1.40. The molecule has 0 aromatic heterocycles. The van der Waals surface area contributed by atoms with Crippen molar-refractivity contribution in [2.45, 2.75) is 38.3 Å². The third-order valence-corrected chi connectivity index (χ3v) is 7.00. The number of piperidine rings is 1. The van der Waals surface area contributed by atoms with Crippen LogP contribution in [0.4, 0.5) is 4.79 Å². The predicted molar refractivity (Wildman–Crippen MR) is 141 cm³/mol. The Morgan fingerprint density at radius 3 is 2.11 bits per heavy atom. The molecule has 3 rings (SSSR count). The predicted octanol–water partition coefficient (Wildman–Crippen LogP) is 3.65. The first kappa shape index (κ1) is 28.3. The van der Waals surface area contributed by atoms with Gasteiger partial charge in [0.15, 0.2) is 0 Å². The second kappa shape index (κ2) is 12.3. The fourth-order valence-electron chi connectivity index (χ4n) is 4.16. The van der Waals surface area contributed by atoms with Crippen LogP contribution in [-0.4, -0.2) is 59.5 Å². The van der Waals surface area contributed by atoms with Crippen molar-refractivity contribution < 1.29 is 24.3 Å². The Morgan fingerprint density at radius 2 is 1.57 bits per heavy atom. The number of urea groups is 1. The minimum Gasteiger partial charge on any atom is -0.480 e. The summed E-state index contributed by atoms with van der Waals surface area (Å²) in [5, 5.41) is 17.8. The Morgan fingerprint density at radius 1 is 0.973 bits per heavy atom. The molecule has 198 valence electrons. The van der Waals surface area contributed by atoms with Crippen LogP contribution in [0.2, 0.25) is 10.0 Å². The van der Waals surface area contributed by atoms with E-state index in [0.29, 0.717) is 25.9 Å². The maximum absolute atomic E-state index is 12.8. The van der Waals surface area contributed by atoms with Crippen LogP contribution in [0.25, 0.3) is 0 Å². The van der Waals surface area contributed by atoms with Gasteiger partial charge in [0.1, 0.15) is 6.04 Å². The average Bonchev–Trinajstić information content (AvgIpc) is 2.87. The Balaban J connectivity index is 1.63. The highest BCUT2D eigenvalue weighted by molar-refractivity contribution is 6.39. The molecule has 1 aliphatic rings. The molecule has 1 fully saturated rings. The van der Waals surface area contributed by atoms with Crippen molar-refractivity contribution in [2.75, 3.05) is 19.6 Å². The summed E-state index contributed by atoms with van der Waals surface area (Å²) >= 11 is 12.1. The highest BCUT2D eigenvalue weighted by atomic mass is 35.5. The van der Waals surface area contributed by atoms with Crippen LogP contribution in [0, 0.1) is 5.92 Å². The molecule has 4 N–H and O–H groups in total. The average molecular weight is 549 g/mol. The SMILES string of the molecule is CC(C)C(=O)NC1(c2ccccc2)CCN(C(=O)NCC(NC(=O)c2c(Cl)cccc2Cl)C(=O)O)CC1. The number of likely N-dealkylation sites (tertiary alicyclic amines) is 1. The molecule has 2 aromatic rings. The molecule has 1 atom stereocenters. The van der Waals surface area contributed by atoms with Crippen LogP contribution in [0.5, 0.6) is 0 Å². The first-order valence-electron chi connectivity index (χ1n) is 11.9. The zero-order valence-corrected chi connectivity index (χ0v) is 22.1. The van der Waals surface area contributed by atoms with Gasteiger partial charge in [-0.15, -0.1) is 0 Å². The number of halogens is 2. The molecule has 0 aliphatic carbocycles. The van der Waals surface area contributed by atoms with Gasteiger partial charge in [-0.3, -0.25) is 9.59 Å². The lowest BCUT2D eigenvalue weighted by Crippen LogP contribution is -2.57. The summed E-state index contributed by atoms with van der Waals surface area (Å²) in [6, 6.07) is 12.3. The second-order valence-corrected chi connectivity index (χ2v) is 10.0. The van der Waals surface area contributed by atoms with Gasteiger partial charge >= 0.3 is 12.0 Å². The van der Waals surface area contributed by atoms with Crippen molar-refractivity contribution >= 4 is 47.0 Å². The normalized spacial score (nSPS) is 15.5. The molecule has 1 heterocycles. The van der Waals surface area contributed by atoms with Crippen LogP contribution >= 0.6 is 23.2 Å². The lowest BCUT2D eigenvalue weighted by molar-refractivity contribution is -0.139. The number of rotatable bonds is 8. The summed E-state index contributed by atoms with van der Waals surface area (Å²) in [6.07, 6.45) is 0.986. The Hall–Kier alpha value is -3.30. The molecule has 1 aliphatic heterocycles. The number of carbonyl (C=O) groups excluding carboxylic acids is 3. The number of nitrogens with zero attached hydrogens (tertiary/aromatic N) is 1. The van der Waals surface area contributed by atoms with Crippen LogP contribution < -0.4 is 16.0 Å². The summed E-state index contributed by atoms with van der Waals surface area (Å²) in [4.78, 5) is 51.3. The molecule has 4 amide bonds. The van der Waals surface area contributed by atoms with E-state index in [2.05, 4.69) is 16.0 Å². The van der Waals surface area contributed by atoms with E-state index in [-0.39, 0.29) is 34.0 Å². The monoisotopic (exact) mass is 548 g/mol. The summed E-state index contributed by atoms with van der Waals surface area (Å²) in [6.45, 7) is 4.01. The highest BCUT2D eigenvalue weighted by Crippen LogP contribution is 2.33. The third-order valence-electron chi connectivity index (χ3n) is 6.37. The second-order valence-electron chi connectivity index (χ2n) is 9.23.